The number of aromatic hydroxyl groups is 2. The highest BCUT2D eigenvalue weighted by Gasteiger charge is 2.29. The lowest BCUT2D eigenvalue weighted by Gasteiger charge is -2.24. The fourth-order valence-corrected chi connectivity index (χ4v) is 1.55. The van der Waals surface area contributed by atoms with Crippen LogP contribution in [0.4, 0.5) is 4.39 Å². The maximum atomic E-state index is 13.6. The van der Waals surface area contributed by atoms with E-state index in [9.17, 15) is 14.3 Å². The van der Waals surface area contributed by atoms with E-state index in [1.165, 1.54) is 6.07 Å². The molecule has 1 aromatic rings. The number of phenolic OH excluding ortho intramolecular Hbond substituents is 2. The molecule has 4 nitrogen and oxygen atoms in total. The molecule has 0 aliphatic rings. The van der Waals surface area contributed by atoms with Gasteiger partial charge in [0.1, 0.15) is 0 Å². The van der Waals surface area contributed by atoms with E-state index in [2.05, 4.69) is 0 Å². The van der Waals surface area contributed by atoms with Crippen LogP contribution in [0, 0.1) is 5.82 Å². The molecule has 0 radical (unpaired) electrons. The highest BCUT2D eigenvalue weighted by molar-refractivity contribution is 5.69. The summed E-state index contributed by atoms with van der Waals surface area (Å²) >= 11 is 0. The molecular weight excluding hydrogens is 215 g/mol. The summed E-state index contributed by atoms with van der Waals surface area (Å²) in [7, 11) is 0. The zero-order valence-corrected chi connectivity index (χ0v) is 8.99. The highest BCUT2D eigenvalue weighted by atomic mass is 19.1. The van der Waals surface area contributed by atoms with Crippen LogP contribution in [-0.2, 0) is 10.2 Å². The van der Waals surface area contributed by atoms with E-state index < -0.39 is 28.7 Å². The summed E-state index contributed by atoms with van der Waals surface area (Å²) in [6.07, 6.45) is -0.270. The van der Waals surface area contributed by atoms with Gasteiger partial charge in [-0.3, -0.25) is 4.79 Å². The lowest BCUT2D eigenvalue weighted by atomic mass is 9.81. The number of carbonyl (C=O) groups is 1. The van der Waals surface area contributed by atoms with Crippen molar-refractivity contribution in [3.8, 4) is 11.5 Å². The molecule has 0 spiro atoms. The third-order valence-corrected chi connectivity index (χ3v) is 2.42. The van der Waals surface area contributed by atoms with Crippen LogP contribution in [0.15, 0.2) is 12.1 Å². The SMILES string of the molecule is CC(C)(CC(=O)O)c1ccc(O)c(O)c1F. The molecule has 88 valence electrons. The number of benzene rings is 1. The predicted molar refractivity (Wildman–Crippen MR) is 55.0 cm³/mol. The van der Waals surface area contributed by atoms with Gasteiger partial charge in [-0.2, -0.15) is 0 Å². The Morgan fingerprint density at radius 2 is 1.94 bits per heavy atom. The van der Waals surface area contributed by atoms with Crippen LogP contribution in [0.2, 0.25) is 0 Å². The van der Waals surface area contributed by atoms with E-state index in [-0.39, 0.29) is 12.0 Å². The minimum atomic E-state index is -1.06. The van der Waals surface area contributed by atoms with E-state index in [1.54, 1.807) is 13.8 Å². The van der Waals surface area contributed by atoms with Crippen molar-refractivity contribution in [3.63, 3.8) is 0 Å². The quantitative estimate of drug-likeness (QED) is 0.691. The first-order chi connectivity index (χ1) is 7.25. The molecule has 0 aromatic heterocycles. The third kappa shape index (κ3) is 2.24. The Morgan fingerprint density at radius 1 is 1.38 bits per heavy atom. The average molecular weight is 228 g/mol. The van der Waals surface area contributed by atoms with Gasteiger partial charge < -0.3 is 15.3 Å². The Balaban J connectivity index is 3.23. The Morgan fingerprint density at radius 3 is 2.44 bits per heavy atom. The topological polar surface area (TPSA) is 77.8 Å². The van der Waals surface area contributed by atoms with Gasteiger partial charge in [0.25, 0.3) is 0 Å². The fourth-order valence-electron chi connectivity index (χ4n) is 1.55. The van der Waals surface area contributed by atoms with Crippen LogP contribution in [0.25, 0.3) is 0 Å². The summed E-state index contributed by atoms with van der Waals surface area (Å²) in [5, 5.41) is 27.0. The van der Waals surface area contributed by atoms with Crippen LogP contribution >= 0.6 is 0 Å². The van der Waals surface area contributed by atoms with Crippen LogP contribution in [0.3, 0.4) is 0 Å². The Bertz CT molecular complexity index is 426. The van der Waals surface area contributed by atoms with E-state index in [4.69, 9.17) is 10.2 Å². The minimum absolute atomic E-state index is 0.0604. The van der Waals surface area contributed by atoms with Crippen molar-refractivity contribution in [1.82, 2.24) is 0 Å². The van der Waals surface area contributed by atoms with Gasteiger partial charge in [-0.05, 0) is 11.6 Å². The summed E-state index contributed by atoms with van der Waals surface area (Å²) in [5.74, 6) is -3.45. The molecule has 1 rings (SSSR count). The standard InChI is InChI=1S/C11H13FO4/c1-11(2,5-8(14)15)6-3-4-7(13)10(16)9(6)12/h3-4,13,16H,5H2,1-2H3,(H,14,15). The first-order valence-electron chi connectivity index (χ1n) is 4.68. The summed E-state index contributed by atoms with van der Waals surface area (Å²) in [5.41, 5.74) is -0.897. The number of aliphatic carboxylic acids is 1. The van der Waals surface area contributed by atoms with E-state index in [1.807, 2.05) is 0 Å². The molecule has 0 aliphatic heterocycles. The molecule has 0 amide bonds. The van der Waals surface area contributed by atoms with Crippen LogP contribution in [0.5, 0.6) is 11.5 Å². The van der Waals surface area contributed by atoms with Gasteiger partial charge in [0, 0.05) is 5.41 Å². The first kappa shape index (κ1) is 12.3. The zero-order chi connectivity index (χ0) is 12.5. The monoisotopic (exact) mass is 228 g/mol. The summed E-state index contributed by atoms with van der Waals surface area (Å²) in [6.45, 7) is 3.10. The van der Waals surface area contributed by atoms with Crippen molar-refractivity contribution >= 4 is 5.97 Å². The molecule has 3 N–H and O–H groups in total. The Labute approximate surface area is 92.0 Å². The van der Waals surface area contributed by atoms with Crippen molar-refractivity contribution < 1.29 is 24.5 Å². The molecule has 0 aliphatic carbocycles. The average Bonchev–Trinajstić information content (AvgIpc) is 2.11. The molecule has 0 heterocycles. The number of halogens is 1. The van der Waals surface area contributed by atoms with Gasteiger partial charge in [0.15, 0.2) is 17.3 Å². The first-order valence-corrected chi connectivity index (χ1v) is 4.68. The van der Waals surface area contributed by atoms with Crippen molar-refractivity contribution in [3.05, 3.63) is 23.5 Å². The minimum Gasteiger partial charge on any atom is -0.504 e. The fraction of sp³-hybridized carbons (Fsp3) is 0.364. The van der Waals surface area contributed by atoms with E-state index in [0.717, 1.165) is 6.07 Å². The summed E-state index contributed by atoms with van der Waals surface area (Å²) < 4.78 is 13.6. The predicted octanol–water partition coefficient (Wildman–Crippen LogP) is 1.99. The molecule has 0 bridgehead atoms. The van der Waals surface area contributed by atoms with Crippen LogP contribution in [0.1, 0.15) is 25.8 Å². The second-order valence-electron chi connectivity index (χ2n) is 4.25. The van der Waals surface area contributed by atoms with Crippen LogP contribution in [-0.4, -0.2) is 21.3 Å². The normalized spacial score (nSPS) is 11.4. The lowest BCUT2D eigenvalue weighted by Crippen LogP contribution is -2.23. The number of rotatable bonds is 3. The van der Waals surface area contributed by atoms with E-state index >= 15 is 0 Å². The maximum Gasteiger partial charge on any atom is 0.304 e. The molecular formula is C11H13FO4. The van der Waals surface area contributed by atoms with Gasteiger partial charge in [0.2, 0.25) is 0 Å². The van der Waals surface area contributed by atoms with Gasteiger partial charge in [0.05, 0.1) is 6.42 Å². The smallest absolute Gasteiger partial charge is 0.304 e. The molecule has 0 fully saturated rings. The molecule has 16 heavy (non-hydrogen) atoms. The number of hydrogen-bond donors (Lipinski definition) is 3. The summed E-state index contributed by atoms with van der Waals surface area (Å²) in [4.78, 5) is 10.6. The van der Waals surface area contributed by atoms with Gasteiger partial charge in [-0.1, -0.05) is 19.9 Å². The second-order valence-corrected chi connectivity index (χ2v) is 4.25. The molecule has 0 atom stereocenters. The summed E-state index contributed by atoms with van der Waals surface area (Å²) in [6, 6.07) is 2.41. The zero-order valence-electron chi connectivity index (χ0n) is 8.99. The molecule has 0 unspecified atom stereocenters. The van der Waals surface area contributed by atoms with Gasteiger partial charge in [-0.25, -0.2) is 4.39 Å². The maximum absolute atomic E-state index is 13.6. The number of phenols is 2. The molecule has 1 aromatic carbocycles. The van der Waals surface area contributed by atoms with Crippen molar-refractivity contribution in [2.24, 2.45) is 0 Å². The highest BCUT2D eigenvalue weighted by Crippen LogP contribution is 2.37. The molecule has 5 heteroatoms. The van der Waals surface area contributed by atoms with E-state index in [0.29, 0.717) is 0 Å². The Kier molecular flexibility index (Phi) is 3.07. The molecule has 0 saturated heterocycles. The van der Waals surface area contributed by atoms with Gasteiger partial charge >= 0.3 is 5.97 Å². The van der Waals surface area contributed by atoms with Crippen molar-refractivity contribution in [2.45, 2.75) is 25.7 Å². The second kappa shape index (κ2) is 4.00. The largest absolute Gasteiger partial charge is 0.504 e. The van der Waals surface area contributed by atoms with Crippen LogP contribution < -0.4 is 0 Å². The Hall–Kier alpha value is -1.78. The van der Waals surface area contributed by atoms with Gasteiger partial charge in [-0.15, -0.1) is 0 Å². The molecule has 0 saturated carbocycles. The third-order valence-electron chi connectivity index (χ3n) is 2.42. The van der Waals surface area contributed by atoms with Crippen molar-refractivity contribution in [1.29, 1.82) is 0 Å². The number of carboxylic acids is 1. The lowest BCUT2D eigenvalue weighted by molar-refractivity contribution is -0.138. The van der Waals surface area contributed by atoms with Crippen molar-refractivity contribution in [2.75, 3.05) is 0 Å². The number of carboxylic acid groups (broad SMARTS) is 1. The number of hydrogen-bond acceptors (Lipinski definition) is 3.